The summed E-state index contributed by atoms with van der Waals surface area (Å²) in [7, 11) is -3.67. The molecule has 0 radical (unpaired) electrons. The second-order valence-electron chi connectivity index (χ2n) is 5.09. The van der Waals surface area contributed by atoms with Gasteiger partial charge in [-0.05, 0) is 31.2 Å². The molecule has 0 amide bonds. The maximum Gasteiger partial charge on any atom is 0.187 e. The summed E-state index contributed by atoms with van der Waals surface area (Å²) in [6.45, 7) is 1.93. The highest BCUT2D eigenvalue weighted by molar-refractivity contribution is 7.95. The van der Waals surface area contributed by atoms with Crippen molar-refractivity contribution in [3.05, 3.63) is 69.6 Å². The van der Waals surface area contributed by atoms with Crippen molar-refractivity contribution in [2.75, 3.05) is 11.6 Å². The highest BCUT2D eigenvalue weighted by atomic mass is 35.5. The Morgan fingerprint density at radius 1 is 1.09 bits per heavy atom. The number of nitriles is 1. The van der Waals surface area contributed by atoms with Gasteiger partial charge in [0.1, 0.15) is 6.07 Å². The second-order valence-corrected chi connectivity index (χ2v) is 7.48. The van der Waals surface area contributed by atoms with Gasteiger partial charge in [0, 0.05) is 22.5 Å². The van der Waals surface area contributed by atoms with E-state index in [0.717, 1.165) is 11.8 Å². The van der Waals surface area contributed by atoms with E-state index in [4.69, 9.17) is 11.6 Å². The van der Waals surface area contributed by atoms with Gasteiger partial charge in [0.25, 0.3) is 0 Å². The van der Waals surface area contributed by atoms with Crippen molar-refractivity contribution in [1.82, 2.24) is 0 Å². The molecule has 0 spiro atoms. The third kappa shape index (κ3) is 4.35. The molecule has 0 saturated heterocycles. The van der Waals surface area contributed by atoms with Gasteiger partial charge in [0.2, 0.25) is 0 Å². The quantitative estimate of drug-likeness (QED) is 0.849. The van der Waals surface area contributed by atoms with Crippen LogP contribution in [0.3, 0.4) is 0 Å². The Balaban J connectivity index is 2.60. The molecule has 0 fully saturated rings. The van der Waals surface area contributed by atoms with E-state index in [0.29, 0.717) is 16.3 Å². The number of aryl methyl sites for hydroxylation is 1. The SMILES string of the molecule is Cc1ccc(/C(Nc2ccc(Cl)cc2)=C(/C#N)S(C)(=O)=O)cc1. The maximum atomic E-state index is 11.9. The van der Waals surface area contributed by atoms with Crippen LogP contribution in [0.4, 0.5) is 5.69 Å². The molecule has 0 heterocycles. The number of allylic oxidation sites excluding steroid dienone is 1. The molecule has 1 N–H and O–H groups in total. The largest absolute Gasteiger partial charge is 0.353 e. The molecule has 0 saturated carbocycles. The topological polar surface area (TPSA) is 70.0 Å². The third-order valence-electron chi connectivity index (χ3n) is 3.15. The van der Waals surface area contributed by atoms with Crippen LogP contribution in [-0.2, 0) is 9.84 Å². The van der Waals surface area contributed by atoms with E-state index in [9.17, 15) is 13.7 Å². The van der Waals surface area contributed by atoms with Crippen LogP contribution in [0.2, 0.25) is 5.02 Å². The van der Waals surface area contributed by atoms with Crippen molar-refractivity contribution in [1.29, 1.82) is 5.26 Å². The van der Waals surface area contributed by atoms with Crippen molar-refractivity contribution in [2.45, 2.75) is 6.92 Å². The summed E-state index contributed by atoms with van der Waals surface area (Å²) in [5, 5.41) is 12.9. The Bertz CT molecular complexity index is 878. The number of hydrogen-bond acceptors (Lipinski definition) is 4. The highest BCUT2D eigenvalue weighted by Crippen LogP contribution is 2.25. The van der Waals surface area contributed by atoms with E-state index in [1.807, 2.05) is 19.1 Å². The number of benzene rings is 2. The lowest BCUT2D eigenvalue weighted by molar-refractivity contribution is 0.608. The van der Waals surface area contributed by atoms with Gasteiger partial charge in [-0.3, -0.25) is 0 Å². The van der Waals surface area contributed by atoms with E-state index in [1.54, 1.807) is 42.5 Å². The molecule has 0 aliphatic heterocycles. The summed E-state index contributed by atoms with van der Waals surface area (Å²) in [5.41, 5.74) is 2.55. The molecule has 2 aromatic carbocycles. The summed E-state index contributed by atoms with van der Waals surface area (Å²) in [6, 6.07) is 15.9. The lowest BCUT2D eigenvalue weighted by Gasteiger charge is -2.14. The Kier molecular flexibility index (Phi) is 5.09. The number of anilines is 1. The van der Waals surface area contributed by atoms with Crippen LogP contribution >= 0.6 is 11.6 Å². The van der Waals surface area contributed by atoms with Crippen LogP contribution in [0.1, 0.15) is 11.1 Å². The molecule has 0 unspecified atom stereocenters. The fourth-order valence-corrected chi connectivity index (χ4v) is 2.81. The molecule has 23 heavy (non-hydrogen) atoms. The van der Waals surface area contributed by atoms with Gasteiger partial charge in [-0.15, -0.1) is 0 Å². The summed E-state index contributed by atoms with van der Waals surface area (Å²) < 4.78 is 23.9. The Labute approximate surface area is 140 Å². The van der Waals surface area contributed by atoms with Crippen molar-refractivity contribution in [2.24, 2.45) is 0 Å². The van der Waals surface area contributed by atoms with Gasteiger partial charge in [0.05, 0.1) is 5.70 Å². The molecule has 2 rings (SSSR count). The van der Waals surface area contributed by atoms with Crippen LogP contribution in [0.5, 0.6) is 0 Å². The first-order valence-electron chi connectivity index (χ1n) is 6.75. The molecule has 6 heteroatoms. The zero-order valence-electron chi connectivity index (χ0n) is 12.7. The smallest absolute Gasteiger partial charge is 0.187 e. The minimum Gasteiger partial charge on any atom is -0.353 e. The first-order valence-corrected chi connectivity index (χ1v) is 9.02. The molecule has 0 aliphatic rings. The van der Waals surface area contributed by atoms with E-state index in [1.165, 1.54) is 0 Å². The summed E-state index contributed by atoms with van der Waals surface area (Å²) >= 11 is 5.86. The minimum absolute atomic E-state index is 0.248. The van der Waals surface area contributed by atoms with Gasteiger partial charge in [0.15, 0.2) is 14.7 Å². The van der Waals surface area contributed by atoms with Gasteiger partial charge in [-0.25, -0.2) is 8.42 Å². The van der Waals surface area contributed by atoms with Gasteiger partial charge < -0.3 is 5.32 Å². The van der Waals surface area contributed by atoms with Crippen molar-refractivity contribution in [3.8, 4) is 6.07 Å². The summed E-state index contributed by atoms with van der Waals surface area (Å²) in [6.07, 6.45) is 1.02. The van der Waals surface area contributed by atoms with Crippen molar-refractivity contribution in [3.63, 3.8) is 0 Å². The molecule has 118 valence electrons. The van der Waals surface area contributed by atoms with Gasteiger partial charge >= 0.3 is 0 Å². The Morgan fingerprint density at radius 3 is 2.13 bits per heavy atom. The number of hydrogen-bond donors (Lipinski definition) is 1. The molecular weight excluding hydrogens is 332 g/mol. The molecular formula is C17H15ClN2O2S. The molecule has 0 bridgehead atoms. The lowest BCUT2D eigenvalue weighted by atomic mass is 10.1. The fraction of sp³-hybridized carbons (Fsp3) is 0.118. The zero-order chi connectivity index (χ0) is 17.0. The van der Waals surface area contributed by atoms with E-state index >= 15 is 0 Å². The number of rotatable bonds is 4. The molecule has 0 aromatic heterocycles. The van der Waals surface area contributed by atoms with Crippen LogP contribution < -0.4 is 5.32 Å². The average molecular weight is 347 g/mol. The molecule has 2 aromatic rings. The average Bonchev–Trinajstić information content (AvgIpc) is 2.48. The van der Waals surface area contributed by atoms with E-state index in [-0.39, 0.29) is 10.6 Å². The standard InChI is InChI=1S/C17H15ClN2O2S/c1-12-3-5-13(6-4-12)17(16(11-19)23(2,21)22)20-15-9-7-14(18)8-10-15/h3-10,20H,1-2H3/b17-16+. The molecule has 4 nitrogen and oxygen atoms in total. The number of halogens is 1. The number of sulfone groups is 1. The van der Waals surface area contributed by atoms with Gasteiger partial charge in [-0.2, -0.15) is 5.26 Å². The Morgan fingerprint density at radius 2 is 1.65 bits per heavy atom. The summed E-state index contributed by atoms with van der Waals surface area (Å²) in [5.74, 6) is 0. The van der Waals surface area contributed by atoms with Crippen LogP contribution in [0.15, 0.2) is 53.4 Å². The number of nitrogens with one attached hydrogen (secondary N) is 1. The predicted octanol–water partition coefficient (Wildman–Crippen LogP) is 4.00. The molecule has 0 aliphatic carbocycles. The first kappa shape index (κ1) is 17.1. The van der Waals surface area contributed by atoms with Crippen LogP contribution in [0.25, 0.3) is 5.70 Å². The highest BCUT2D eigenvalue weighted by Gasteiger charge is 2.19. The normalized spacial score (nSPS) is 12.3. The monoisotopic (exact) mass is 346 g/mol. The summed E-state index contributed by atoms with van der Waals surface area (Å²) in [4.78, 5) is -0.309. The lowest BCUT2D eigenvalue weighted by Crippen LogP contribution is -2.09. The second kappa shape index (κ2) is 6.86. The minimum atomic E-state index is -3.67. The van der Waals surface area contributed by atoms with E-state index < -0.39 is 9.84 Å². The third-order valence-corrected chi connectivity index (χ3v) is 4.44. The number of nitrogens with zero attached hydrogens (tertiary/aromatic N) is 1. The Hall–Kier alpha value is -2.29. The molecule has 0 atom stereocenters. The maximum absolute atomic E-state index is 11.9. The zero-order valence-corrected chi connectivity index (χ0v) is 14.2. The van der Waals surface area contributed by atoms with Crippen LogP contribution in [-0.4, -0.2) is 14.7 Å². The van der Waals surface area contributed by atoms with Gasteiger partial charge in [-0.1, -0.05) is 41.4 Å². The van der Waals surface area contributed by atoms with Crippen LogP contribution in [0, 0.1) is 18.3 Å². The first-order chi connectivity index (χ1) is 10.8. The predicted molar refractivity (Wildman–Crippen MR) is 93.6 cm³/mol. The van der Waals surface area contributed by atoms with Crippen molar-refractivity contribution >= 4 is 32.8 Å². The van der Waals surface area contributed by atoms with E-state index in [2.05, 4.69) is 5.32 Å². The fourth-order valence-electron chi connectivity index (χ4n) is 1.98. The van der Waals surface area contributed by atoms with Crippen molar-refractivity contribution < 1.29 is 8.42 Å².